The van der Waals surface area contributed by atoms with E-state index in [0.717, 1.165) is 12.1 Å². The minimum Gasteiger partial charge on any atom is -0.398 e. The standard InChI is InChI=1S/C12H14N2O6P2/c13-11-5-7(21(15,16)17)1-3-9(11)10-4-2-8(6-12(10)14)22(18,19)20/h1-6H,13-14H2,(H2,15,16,17)(H2,18,19,20). The minimum atomic E-state index is -4.41. The molecule has 0 fully saturated rings. The van der Waals surface area contributed by atoms with Crippen LogP contribution in [0.15, 0.2) is 36.4 Å². The molecule has 10 heteroatoms. The third-order valence-electron chi connectivity index (χ3n) is 3.03. The van der Waals surface area contributed by atoms with E-state index >= 15 is 0 Å². The van der Waals surface area contributed by atoms with Crippen LogP contribution in [-0.2, 0) is 9.13 Å². The highest BCUT2D eigenvalue weighted by atomic mass is 31.2. The largest absolute Gasteiger partial charge is 0.398 e. The first-order valence-corrected chi connectivity index (χ1v) is 9.14. The van der Waals surface area contributed by atoms with E-state index in [1.807, 2.05) is 0 Å². The van der Waals surface area contributed by atoms with Crippen LogP contribution < -0.4 is 22.1 Å². The average molecular weight is 344 g/mol. The zero-order valence-corrected chi connectivity index (χ0v) is 12.9. The quantitative estimate of drug-likeness (QED) is 0.337. The number of nitrogen functional groups attached to an aromatic ring is 2. The summed E-state index contributed by atoms with van der Waals surface area (Å²) in [5.41, 5.74) is 12.6. The molecule has 0 unspecified atom stereocenters. The van der Waals surface area contributed by atoms with Gasteiger partial charge in [-0.25, -0.2) is 0 Å². The Bertz CT molecular complexity index is 757. The fourth-order valence-corrected chi connectivity index (χ4v) is 3.11. The van der Waals surface area contributed by atoms with Crippen molar-refractivity contribution in [3.8, 4) is 11.1 Å². The van der Waals surface area contributed by atoms with Crippen molar-refractivity contribution in [3.63, 3.8) is 0 Å². The molecule has 0 spiro atoms. The lowest BCUT2D eigenvalue weighted by molar-refractivity contribution is 0.385. The van der Waals surface area contributed by atoms with Crippen LogP contribution in [-0.4, -0.2) is 19.6 Å². The summed E-state index contributed by atoms with van der Waals surface area (Å²) in [5.74, 6) is 0. The predicted molar refractivity (Wildman–Crippen MR) is 84.1 cm³/mol. The number of hydrogen-bond acceptors (Lipinski definition) is 4. The molecule has 0 aliphatic rings. The molecule has 0 saturated heterocycles. The van der Waals surface area contributed by atoms with E-state index in [9.17, 15) is 9.13 Å². The summed E-state index contributed by atoms with van der Waals surface area (Å²) in [5, 5.41) is -0.446. The van der Waals surface area contributed by atoms with Crippen molar-refractivity contribution in [1.29, 1.82) is 0 Å². The lowest BCUT2D eigenvalue weighted by atomic mass is 10.0. The van der Waals surface area contributed by atoms with Crippen molar-refractivity contribution in [3.05, 3.63) is 36.4 Å². The Labute approximate surface area is 125 Å². The Morgan fingerprint density at radius 1 is 0.682 bits per heavy atom. The van der Waals surface area contributed by atoms with Gasteiger partial charge in [-0.3, -0.25) is 9.13 Å². The molecule has 0 heterocycles. The van der Waals surface area contributed by atoms with Crippen LogP contribution in [0.4, 0.5) is 11.4 Å². The fourth-order valence-electron chi connectivity index (χ4n) is 1.95. The highest BCUT2D eigenvalue weighted by Gasteiger charge is 2.21. The van der Waals surface area contributed by atoms with E-state index in [1.165, 1.54) is 24.3 Å². The van der Waals surface area contributed by atoms with E-state index < -0.39 is 15.2 Å². The van der Waals surface area contributed by atoms with Crippen molar-refractivity contribution in [2.75, 3.05) is 11.5 Å². The summed E-state index contributed by atoms with van der Waals surface area (Å²) >= 11 is 0. The lowest BCUT2D eigenvalue weighted by Crippen LogP contribution is -2.08. The topological polar surface area (TPSA) is 167 Å². The van der Waals surface area contributed by atoms with E-state index in [1.54, 1.807) is 0 Å². The Kier molecular flexibility index (Phi) is 4.19. The van der Waals surface area contributed by atoms with Crippen LogP contribution in [0.5, 0.6) is 0 Å². The van der Waals surface area contributed by atoms with Crippen molar-refractivity contribution in [2.24, 2.45) is 0 Å². The Morgan fingerprint density at radius 2 is 1.00 bits per heavy atom. The third kappa shape index (κ3) is 3.39. The number of anilines is 2. The first kappa shape index (κ1) is 16.7. The van der Waals surface area contributed by atoms with Gasteiger partial charge in [0.25, 0.3) is 0 Å². The van der Waals surface area contributed by atoms with Crippen LogP contribution in [0.3, 0.4) is 0 Å². The molecule has 0 atom stereocenters. The van der Waals surface area contributed by atoms with E-state index in [2.05, 4.69) is 0 Å². The minimum absolute atomic E-state index is 0.0939. The molecule has 0 aliphatic carbocycles. The molecule has 0 aromatic heterocycles. The van der Waals surface area contributed by atoms with Gasteiger partial charge in [0, 0.05) is 22.5 Å². The molecule has 2 rings (SSSR count). The fraction of sp³-hybridized carbons (Fsp3) is 0. The lowest BCUT2D eigenvalue weighted by Gasteiger charge is -2.13. The smallest absolute Gasteiger partial charge is 0.356 e. The zero-order valence-electron chi connectivity index (χ0n) is 11.1. The summed E-state index contributed by atoms with van der Waals surface area (Å²) in [4.78, 5) is 36.4. The molecule has 0 amide bonds. The van der Waals surface area contributed by atoms with Gasteiger partial charge in [-0.05, 0) is 24.3 Å². The second-order valence-electron chi connectivity index (χ2n) is 4.63. The molecule has 0 bridgehead atoms. The Morgan fingerprint density at radius 3 is 1.23 bits per heavy atom. The van der Waals surface area contributed by atoms with E-state index in [-0.39, 0.29) is 22.0 Å². The maximum atomic E-state index is 11.2. The average Bonchev–Trinajstić information content (AvgIpc) is 2.37. The van der Waals surface area contributed by atoms with Gasteiger partial charge in [0.1, 0.15) is 0 Å². The number of hydrogen-bond donors (Lipinski definition) is 6. The Hall–Kier alpha value is -1.66. The van der Waals surface area contributed by atoms with Crippen molar-refractivity contribution in [2.45, 2.75) is 0 Å². The molecular weight excluding hydrogens is 330 g/mol. The van der Waals surface area contributed by atoms with Gasteiger partial charge in [0.2, 0.25) is 0 Å². The number of benzene rings is 2. The molecule has 22 heavy (non-hydrogen) atoms. The number of rotatable bonds is 3. The predicted octanol–water partition coefficient (Wildman–Crippen LogP) is 0.124. The van der Waals surface area contributed by atoms with Crippen molar-refractivity contribution < 1.29 is 28.7 Å². The zero-order chi connectivity index (χ0) is 16.7. The molecule has 8 N–H and O–H groups in total. The first-order chi connectivity index (χ1) is 10.00. The molecule has 0 aliphatic heterocycles. The SMILES string of the molecule is Nc1cc(P(=O)(O)O)ccc1-c1ccc(P(=O)(O)O)cc1N. The maximum Gasteiger partial charge on any atom is 0.356 e. The maximum absolute atomic E-state index is 11.2. The van der Waals surface area contributed by atoms with Crippen molar-refractivity contribution >= 4 is 37.2 Å². The van der Waals surface area contributed by atoms with Gasteiger partial charge in [0.15, 0.2) is 0 Å². The van der Waals surface area contributed by atoms with Crippen LogP contribution >= 0.6 is 15.2 Å². The normalized spacial score (nSPS) is 12.4. The van der Waals surface area contributed by atoms with Crippen LogP contribution in [0.1, 0.15) is 0 Å². The second kappa shape index (κ2) is 5.52. The number of nitrogens with two attached hydrogens (primary N) is 2. The monoisotopic (exact) mass is 344 g/mol. The van der Waals surface area contributed by atoms with Crippen LogP contribution in [0.25, 0.3) is 11.1 Å². The molecule has 0 radical (unpaired) electrons. The van der Waals surface area contributed by atoms with Gasteiger partial charge in [-0.2, -0.15) is 0 Å². The molecule has 8 nitrogen and oxygen atoms in total. The van der Waals surface area contributed by atoms with Crippen LogP contribution in [0, 0.1) is 0 Å². The van der Waals surface area contributed by atoms with Gasteiger partial charge >= 0.3 is 15.2 Å². The van der Waals surface area contributed by atoms with Crippen molar-refractivity contribution in [1.82, 2.24) is 0 Å². The molecular formula is C12H14N2O6P2. The summed E-state index contributed by atoms with van der Waals surface area (Å²) in [7, 11) is -8.82. The summed E-state index contributed by atoms with van der Waals surface area (Å²) < 4.78 is 22.4. The first-order valence-electron chi connectivity index (χ1n) is 5.92. The van der Waals surface area contributed by atoms with E-state index in [4.69, 9.17) is 31.0 Å². The molecule has 2 aromatic carbocycles. The summed E-state index contributed by atoms with van der Waals surface area (Å²) in [6.45, 7) is 0. The van der Waals surface area contributed by atoms with Crippen LogP contribution in [0.2, 0.25) is 0 Å². The second-order valence-corrected chi connectivity index (χ2v) is 7.84. The van der Waals surface area contributed by atoms with Gasteiger partial charge in [0.05, 0.1) is 10.6 Å². The summed E-state index contributed by atoms with van der Waals surface area (Å²) in [6.07, 6.45) is 0. The molecule has 0 saturated carbocycles. The molecule has 118 valence electrons. The third-order valence-corrected chi connectivity index (χ3v) is 4.93. The highest BCUT2D eigenvalue weighted by molar-refractivity contribution is 7.60. The van der Waals surface area contributed by atoms with Gasteiger partial charge in [-0.1, -0.05) is 12.1 Å². The highest BCUT2D eigenvalue weighted by Crippen LogP contribution is 2.39. The summed E-state index contributed by atoms with van der Waals surface area (Å²) in [6, 6.07) is 7.53. The Balaban J connectivity index is 2.54. The molecule has 2 aromatic rings. The van der Waals surface area contributed by atoms with Gasteiger partial charge in [-0.15, -0.1) is 0 Å². The van der Waals surface area contributed by atoms with Gasteiger partial charge < -0.3 is 31.0 Å². The van der Waals surface area contributed by atoms with E-state index in [0.29, 0.717) is 11.1 Å².